The van der Waals surface area contributed by atoms with Crippen molar-refractivity contribution < 1.29 is 8.42 Å². The zero-order valence-electron chi connectivity index (χ0n) is 8.16. The van der Waals surface area contributed by atoms with Crippen molar-refractivity contribution in [1.82, 2.24) is 5.43 Å². The Balaban J connectivity index is 2.53. The van der Waals surface area contributed by atoms with E-state index in [0.717, 1.165) is 6.42 Å². The summed E-state index contributed by atoms with van der Waals surface area (Å²) in [7, 11) is -2.97. The van der Waals surface area contributed by atoms with Crippen molar-refractivity contribution in [3.05, 3.63) is 0 Å². The first-order valence-electron chi connectivity index (χ1n) is 4.60. The first-order valence-corrected chi connectivity index (χ1v) is 6.55. The van der Waals surface area contributed by atoms with Crippen LogP contribution in [0.4, 0.5) is 0 Å². The largest absolute Gasteiger partial charge is 0.271 e. The Kier molecular flexibility index (Phi) is 3.32. The monoisotopic (exact) mass is 206 g/mol. The topological polar surface area (TPSA) is 72.2 Å². The van der Waals surface area contributed by atoms with Crippen LogP contribution in [-0.4, -0.2) is 26.0 Å². The van der Waals surface area contributed by atoms with Crippen LogP contribution in [0.5, 0.6) is 0 Å². The van der Waals surface area contributed by atoms with E-state index in [1.54, 1.807) is 6.92 Å². The molecule has 0 aromatic rings. The molecular weight excluding hydrogens is 188 g/mol. The Morgan fingerprint density at radius 1 is 1.54 bits per heavy atom. The van der Waals surface area contributed by atoms with Crippen molar-refractivity contribution in [2.45, 2.75) is 37.5 Å². The van der Waals surface area contributed by atoms with Gasteiger partial charge >= 0.3 is 0 Å². The van der Waals surface area contributed by atoms with Gasteiger partial charge in [-0.05, 0) is 19.3 Å². The van der Waals surface area contributed by atoms with Crippen LogP contribution < -0.4 is 11.3 Å². The lowest BCUT2D eigenvalue weighted by atomic mass is 10.1. The summed E-state index contributed by atoms with van der Waals surface area (Å²) in [5.74, 6) is 6.02. The normalized spacial score (nSPS) is 22.7. The van der Waals surface area contributed by atoms with E-state index in [9.17, 15) is 8.42 Å². The maximum absolute atomic E-state index is 11.2. The molecule has 4 nitrogen and oxygen atoms in total. The minimum atomic E-state index is -2.97. The quantitative estimate of drug-likeness (QED) is 0.492. The van der Waals surface area contributed by atoms with Crippen molar-refractivity contribution in [3.8, 4) is 0 Å². The highest BCUT2D eigenvalue weighted by Crippen LogP contribution is 2.34. The summed E-state index contributed by atoms with van der Waals surface area (Å²) in [6.07, 6.45) is 4.57. The van der Waals surface area contributed by atoms with E-state index in [1.807, 2.05) is 0 Å². The molecule has 0 aromatic heterocycles. The van der Waals surface area contributed by atoms with Gasteiger partial charge in [0, 0.05) is 12.3 Å². The maximum Gasteiger partial charge on any atom is 0.151 e. The maximum atomic E-state index is 11.2. The lowest BCUT2D eigenvalue weighted by Crippen LogP contribution is -2.46. The Morgan fingerprint density at radius 3 is 2.38 bits per heavy atom. The van der Waals surface area contributed by atoms with E-state index in [2.05, 4.69) is 5.43 Å². The minimum Gasteiger partial charge on any atom is -0.271 e. The predicted octanol–water partition coefficient (Wildman–Crippen LogP) is 0.0515. The van der Waals surface area contributed by atoms with Gasteiger partial charge in [-0.1, -0.05) is 12.8 Å². The van der Waals surface area contributed by atoms with Crippen molar-refractivity contribution in [2.75, 3.05) is 6.26 Å². The fourth-order valence-electron chi connectivity index (χ4n) is 1.41. The van der Waals surface area contributed by atoms with Crippen LogP contribution >= 0.6 is 0 Å². The van der Waals surface area contributed by atoms with Crippen molar-refractivity contribution in [3.63, 3.8) is 0 Å². The molecule has 0 saturated heterocycles. The summed E-state index contributed by atoms with van der Waals surface area (Å²) in [4.78, 5) is 0. The van der Waals surface area contributed by atoms with Gasteiger partial charge in [0.05, 0.1) is 5.25 Å². The second-order valence-electron chi connectivity index (χ2n) is 3.99. The minimum absolute atomic E-state index is 0.0949. The number of hydrogen-bond acceptors (Lipinski definition) is 4. The van der Waals surface area contributed by atoms with Gasteiger partial charge in [0.25, 0.3) is 0 Å². The third-order valence-electron chi connectivity index (χ3n) is 2.74. The molecule has 1 rings (SSSR count). The molecule has 0 bridgehead atoms. The van der Waals surface area contributed by atoms with Crippen molar-refractivity contribution in [2.24, 2.45) is 11.8 Å². The molecule has 0 aromatic carbocycles. The summed E-state index contributed by atoms with van der Waals surface area (Å²) in [5.41, 5.74) is 2.60. The lowest BCUT2D eigenvalue weighted by Gasteiger charge is -2.21. The van der Waals surface area contributed by atoms with E-state index < -0.39 is 15.1 Å². The summed E-state index contributed by atoms with van der Waals surface area (Å²) in [5, 5.41) is -0.391. The van der Waals surface area contributed by atoms with Gasteiger partial charge in [-0.25, -0.2) is 8.42 Å². The molecule has 1 aliphatic carbocycles. The van der Waals surface area contributed by atoms with Crippen LogP contribution in [0.2, 0.25) is 0 Å². The van der Waals surface area contributed by atoms with E-state index in [-0.39, 0.29) is 6.04 Å². The van der Waals surface area contributed by atoms with Gasteiger partial charge in [0.1, 0.15) is 0 Å². The van der Waals surface area contributed by atoms with Gasteiger partial charge in [-0.15, -0.1) is 0 Å². The van der Waals surface area contributed by atoms with E-state index in [1.165, 1.54) is 19.1 Å². The van der Waals surface area contributed by atoms with Crippen LogP contribution in [-0.2, 0) is 9.84 Å². The lowest BCUT2D eigenvalue weighted by molar-refractivity contribution is 0.449. The molecule has 1 fully saturated rings. The van der Waals surface area contributed by atoms with Crippen LogP contribution in [0, 0.1) is 5.92 Å². The molecular formula is C8H18N2O2S. The first kappa shape index (κ1) is 10.9. The van der Waals surface area contributed by atoms with Crippen LogP contribution in [0.1, 0.15) is 26.2 Å². The van der Waals surface area contributed by atoms with Gasteiger partial charge in [-0.3, -0.25) is 11.3 Å². The molecule has 3 N–H and O–H groups in total. The molecule has 5 heteroatoms. The molecule has 0 spiro atoms. The van der Waals surface area contributed by atoms with Crippen molar-refractivity contribution in [1.29, 1.82) is 0 Å². The molecule has 1 saturated carbocycles. The summed E-state index contributed by atoms with van der Waals surface area (Å²) >= 11 is 0. The molecule has 2 unspecified atom stereocenters. The second-order valence-corrected chi connectivity index (χ2v) is 6.39. The molecule has 0 amide bonds. The number of rotatable bonds is 5. The standard InChI is InChI=1S/C8H18N2O2S/c1-6(13(2,11)12)8(10-9)5-7-3-4-7/h6-8,10H,3-5,9H2,1-2H3. The first-order chi connectivity index (χ1) is 5.95. The average Bonchev–Trinajstić information content (AvgIpc) is 2.80. The molecule has 0 radical (unpaired) electrons. The third kappa shape index (κ3) is 3.25. The highest BCUT2D eigenvalue weighted by atomic mass is 32.2. The fraction of sp³-hybridized carbons (Fsp3) is 1.00. The van der Waals surface area contributed by atoms with Crippen LogP contribution in [0.15, 0.2) is 0 Å². The Morgan fingerprint density at radius 2 is 2.08 bits per heavy atom. The summed E-state index contributed by atoms with van der Waals surface area (Å²) < 4.78 is 22.5. The molecule has 1 aliphatic rings. The molecule has 78 valence electrons. The van der Waals surface area contributed by atoms with Gasteiger partial charge in [-0.2, -0.15) is 0 Å². The summed E-state index contributed by atoms with van der Waals surface area (Å²) in [6, 6.07) is -0.0949. The Bertz CT molecular complexity index is 259. The molecule has 2 atom stereocenters. The highest BCUT2D eigenvalue weighted by molar-refractivity contribution is 7.91. The molecule has 0 heterocycles. The predicted molar refractivity (Wildman–Crippen MR) is 52.8 cm³/mol. The number of hydrogen-bond donors (Lipinski definition) is 2. The Labute approximate surface area is 79.8 Å². The van der Waals surface area contributed by atoms with Crippen molar-refractivity contribution >= 4 is 9.84 Å². The third-order valence-corrected chi connectivity index (χ3v) is 4.42. The smallest absolute Gasteiger partial charge is 0.151 e. The van der Waals surface area contributed by atoms with E-state index in [0.29, 0.717) is 5.92 Å². The van der Waals surface area contributed by atoms with E-state index >= 15 is 0 Å². The zero-order valence-corrected chi connectivity index (χ0v) is 8.97. The average molecular weight is 206 g/mol. The van der Waals surface area contributed by atoms with Gasteiger partial charge < -0.3 is 0 Å². The zero-order chi connectivity index (χ0) is 10.1. The number of nitrogens with two attached hydrogens (primary N) is 1. The number of hydrazine groups is 1. The molecule has 13 heavy (non-hydrogen) atoms. The summed E-state index contributed by atoms with van der Waals surface area (Å²) in [6.45, 7) is 1.71. The van der Waals surface area contributed by atoms with Gasteiger partial charge in [0.15, 0.2) is 9.84 Å². The van der Waals surface area contributed by atoms with Crippen LogP contribution in [0.25, 0.3) is 0 Å². The number of sulfone groups is 1. The second kappa shape index (κ2) is 3.94. The molecule has 0 aliphatic heterocycles. The fourth-order valence-corrected chi connectivity index (χ4v) is 2.19. The SMILES string of the molecule is CC(C(CC1CC1)NN)S(C)(=O)=O. The van der Waals surface area contributed by atoms with E-state index in [4.69, 9.17) is 5.84 Å². The highest BCUT2D eigenvalue weighted by Gasteiger charge is 2.31. The van der Waals surface area contributed by atoms with Gasteiger partial charge in [0.2, 0.25) is 0 Å². The van der Waals surface area contributed by atoms with Crippen LogP contribution in [0.3, 0.4) is 0 Å². The Hall–Kier alpha value is -0.130. The number of nitrogens with one attached hydrogen (secondary N) is 1.